The molecule has 27 heavy (non-hydrogen) atoms. The van der Waals surface area contributed by atoms with Gasteiger partial charge in [0.05, 0.1) is 15.6 Å². The number of hydrogen-bond donors (Lipinski definition) is 2. The summed E-state index contributed by atoms with van der Waals surface area (Å²) < 4.78 is 10.9. The highest BCUT2D eigenvalue weighted by Gasteiger charge is 2.26. The zero-order valence-corrected chi connectivity index (χ0v) is 14.9. The molecule has 0 saturated heterocycles. The Morgan fingerprint density at radius 2 is 1.81 bits per heavy atom. The van der Waals surface area contributed by atoms with E-state index in [1.807, 2.05) is 0 Å². The van der Waals surface area contributed by atoms with Crippen molar-refractivity contribution < 1.29 is 19.2 Å². The van der Waals surface area contributed by atoms with Gasteiger partial charge in [0.1, 0.15) is 18.9 Å². The van der Waals surface area contributed by atoms with Gasteiger partial charge in [-0.25, -0.2) is 0 Å². The monoisotopic (exact) mass is 389 g/mol. The highest BCUT2D eigenvalue weighted by atomic mass is 35.5. The molecule has 1 aliphatic carbocycles. The van der Waals surface area contributed by atoms with Gasteiger partial charge in [0.2, 0.25) is 0 Å². The second-order valence-electron chi connectivity index (χ2n) is 6.34. The molecule has 1 heterocycles. The molecule has 9 heteroatoms. The number of amides is 1. The maximum atomic E-state index is 12.6. The van der Waals surface area contributed by atoms with Crippen LogP contribution in [0, 0.1) is 10.1 Å². The Balaban J connectivity index is 1.57. The van der Waals surface area contributed by atoms with E-state index < -0.39 is 10.8 Å². The van der Waals surface area contributed by atoms with Crippen LogP contribution in [-0.2, 0) is 0 Å². The van der Waals surface area contributed by atoms with Crippen molar-refractivity contribution in [2.45, 2.75) is 18.9 Å². The number of hydrogen-bond acceptors (Lipinski definition) is 6. The Morgan fingerprint density at radius 3 is 2.48 bits per heavy atom. The number of halogens is 1. The van der Waals surface area contributed by atoms with Crippen LogP contribution in [0.5, 0.6) is 11.5 Å². The van der Waals surface area contributed by atoms with Crippen molar-refractivity contribution in [3.8, 4) is 11.5 Å². The number of nitrogens with one attached hydrogen (secondary N) is 2. The molecule has 0 aromatic heterocycles. The molecule has 0 radical (unpaired) electrons. The summed E-state index contributed by atoms with van der Waals surface area (Å²) in [6.07, 6.45) is 1.98. The second-order valence-corrected chi connectivity index (χ2v) is 6.74. The number of carbonyl (C=O) groups excluding carboxylic acids is 1. The predicted octanol–water partition coefficient (Wildman–Crippen LogP) is 3.85. The predicted molar refractivity (Wildman–Crippen MR) is 100 cm³/mol. The van der Waals surface area contributed by atoms with Gasteiger partial charge in [-0.05, 0) is 25.0 Å². The van der Waals surface area contributed by atoms with Crippen LogP contribution in [-0.4, -0.2) is 30.1 Å². The summed E-state index contributed by atoms with van der Waals surface area (Å²) in [5.41, 5.74) is 0.780. The molecule has 8 nitrogen and oxygen atoms in total. The fourth-order valence-corrected chi connectivity index (χ4v) is 2.95. The van der Waals surface area contributed by atoms with Crippen LogP contribution in [0.15, 0.2) is 30.3 Å². The molecule has 1 saturated carbocycles. The van der Waals surface area contributed by atoms with E-state index >= 15 is 0 Å². The molecule has 4 rings (SSSR count). The van der Waals surface area contributed by atoms with Crippen LogP contribution in [0.2, 0.25) is 5.02 Å². The lowest BCUT2D eigenvalue weighted by Gasteiger charge is -2.20. The zero-order chi connectivity index (χ0) is 19.0. The molecular formula is C18H16ClN3O5. The van der Waals surface area contributed by atoms with Gasteiger partial charge in [0.15, 0.2) is 11.5 Å². The van der Waals surface area contributed by atoms with Crippen molar-refractivity contribution in [1.82, 2.24) is 0 Å². The molecule has 0 atom stereocenters. The summed E-state index contributed by atoms with van der Waals surface area (Å²) >= 11 is 6.20. The quantitative estimate of drug-likeness (QED) is 0.594. The average molecular weight is 390 g/mol. The third-order valence-corrected chi connectivity index (χ3v) is 4.59. The lowest BCUT2D eigenvalue weighted by Crippen LogP contribution is -2.17. The van der Waals surface area contributed by atoms with Gasteiger partial charge in [-0.1, -0.05) is 11.6 Å². The molecule has 2 N–H and O–H groups in total. The van der Waals surface area contributed by atoms with E-state index in [2.05, 4.69) is 10.6 Å². The fraction of sp³-hybridized carbons (Fsp3) is 0.278. The molecular weight excluding hydrogens is 374 g/mol. The first kappa shape index (κ1) is 17.4. The van der Waals surface area contributed by atoms with Crippen molar-refractivity contribution >= 4 is 34.6 Å². The van der Waals surface area contributed by atoms with Crippen molar-refractivity contribution in [3.63, 3.8) is 0 Å². The molecule has 140 valence electrons. The third kappa shape index (κ3) is 3.75. The van der Waals surface area contributed by atoms with Crippen LogP contribution < -0.4 is 20.1 Å². The fourth-order valence-electron chi connectivity index (χ4n) is 2.75. The summed E-state index contributed by atoms with van der Waals surface area (Å²) in [7, 11) is 0. The Bertz CT molecular complexity index is 929. The zero-order valence-electron chi connectivity index (χ0n) is 14.2. The summed E-state index contributed by atoms with van der Waals surface area (Å²) in [6, 6.07) is 7.75. The number of benzene rings is 2. The van der Waals surface area contributed by atoms with E-state index in [4.69, 9.17) is 21.1 Å². The Labute approximate surface area is 159 Å². The van der Waals surface area contributed by atoms with Gasteiger partial charge >= 0.3 is 0 Å². The largest absolute Gasteiger partial charge is 0.486 e. The van der Waals surface area contributed by atoms with Crippen LogP contribution in [0.1, 0.15) is 23.2 Å². The minimum atomic E-state index is -0.505. The SMILES string of the molecule is O=C(Nc1cc2c(cc1Cl)OCCO2)c1ccc(NC2CC2)c([N+](=O)[O-])c1. The molecule has 1 aliphatic heterocycles. The lowest BCUT2D eigenvalue weighted by atomic mass is 10.1. The average Bonchev–Trinajstić information content (AvgIpc) is 3.46. The van der Waals surface area contributed by atoms with Crippen molar-refractivity contribution in [3.05, 3.63) is 51.0 Å². The first-order valence-corrected chi connectivity index (χ1v) is 8.84. The molecule has 2 aromatic carbocycles. The summed E-state index contributed by atoms with van der Waals surface area (Å²) in [4.78, 5) is 23.4. The highest BCUT2D eigenvalue weighted by molar-refractivity contribution is 6.34. The maximum absolute atomic E-state index is 12.6. The highest BCUT2D eigenvalue weighted by Crippen LogP contribution is 2.38. The van der Waals surface area contributed by atoms with Gasteiger partial charge in [-0.2, -0.15) is 0 Å². The summed E-state index contributed by atoms with van der Waals surface area (Å²) in [5.74, 6) is 0.487. The van der Waals surface area contributed by atoms with E-state index in [0.29, 0.717) is 36.1 Å². The van der Waals surface area contributed by atoms with E-state index in [1.54, 1.807) is 24.3 Å². The smallest absolute Gasteiger partial charge is 0.293 e. The van der Waals surface area contributed by atoms with Crippen molar-refractivity contribution in [1.29, 1.82) is 0 Å². The summed E-state index contributed by atoms with van der Waals surface area (Å²) in [6.45, 7) is 0.837. The normalized spacial score (nSPS) is 15.1. The lowest BCUT2D eigenvalue weighted by molar-refractivity contribution is -0.384. The Morgan fingerprint density at radius 1 is 1.11 bits per heavy atom. The standard InChI is InChI=1S/C18H16ClN3O5/c19-12-8-16-17(27-6-5-26-16)9-14(12)21-18(23)10-1-4-13(20-11-2-3-11)15(7-10)22(24)25/h1,4,7-9,11,20H,2-3,5-6H2,(H,21,23). The molecule has 0 unspecified atom stereocenters. The third-order valence-electron chi connectivity index (χ3n) is 4.27. The number of fused-ring (bicyclic) bond motifs is 1. The van der Waals surface area contributed by atoms with Crippen LogP contribution in [0.25, 0.3) is 0 Å². The molecule has 1 fully saturated rings. The van der Waals surface area contributed by atoms with E-state index in [9.17, 15) is 14.9 Å². The van der Waals surface area contributed by atoms with Gasteiger partial charge in [0, 0.05) is 29.8 Å². The number of nitrogens with zero attached hydrogens (tertiary/aromatic N) is 1. The minimum absolute atomic E-state index is 0.136. The molecule has 0 bridgehead atoms. The van der Waals surface area contributed by atoms with Crippen LogP contribution >= 0.6 is 11.6 Å². The number of anilines is 2. The number of rotatable bonds is 5. The van der Waals surface area contributed by atoms with E-state index in [1.165, 1.54) is 6.07 Å². The number of nitro groups is 1. The summed E-state index contributed by atoms with van der Waals surface area (Å²) in [5, 5.41) is 17.4. The van der Waals surface area contributed by atoms with Gasteiger partial charge in [-0.15, -0.1) is 0 Å². The van der Waals surface area contributed by atoms with Crippen molar-refractivity contribution in [2.24, 2.45) is 0 Å². The van der Waals surface area contributed by atoms with E-state index in [0.717, 1.165) is 12.8 Å². The Hall–Kier alpha value is -3.00. The number of nitro benzene ring substituents is 1. The van der Waals surface area contributed by atoms with Crippen LogP contribution in [0.3, 0.4) is 0 Å². The van der Waals surface area contributed by atoms with E-state index in [-0.39, 0.29) is 22.3 Å². The first-order valence-electron chi connectivity index (χ1n) is 8.47. The minimum Gasteiger partial charge on any atom is -0.486 e. The maximum Gasteiger partial charge on any atom is 0.293 e. The van der Waals surface area contributed by atoms with Gasteiger partial charge in [0.25, 0.3) is 11.6 Å². The number of ether oxygens (including phenoxy) is 2. The first-order chi connectivity index (χ1) is 13.0. The van der Waals surface area contributed by atoms with Crippen LogP contribution in [0.4, 0.5) is 17.1 Å². The molecule has 2 aliphatic rings. The second kappa shape index (κ2) is 6.96. The van der Waals surface area contributed by atoms with Gasteiger partial charge in [-0.3, -0.25) is 14.9 Å². The molecule has 0 spiro atoms. The van der Waals surface area contributed by atoms with Gasteiger partial charge < -0.3 is 20.1 Å². The number of carbonyl (C=O) groups is 1. The topological polar surface area (TPSA) is 103 Å². The van der Waals surface area contributed by atoms with Crippen molar-refractivity contribution in [2.75, 3.05) is 23.8 Å². The molecule has 2 aromatic rings. The molecule has 1 amide bonds. The Kier molecular flexibility index (Phi) is 4.49.